The van der Waals surface area contributed by atoms with E-state index in [4.69, 9.17) is 5.73 Å². The molecule has 0 spiro atoms. The zero-order valence-electron chi connectivity index (χ0n) is 13.1. The highest BCUT2D eigenvalue weighted by Gasteiger charge is 2.16. The number of benzene rings is 3. The molecule has 3 aromatic carbocycles. The van der Waals surface area contributed by atoms with Crippen molar-refractivity contribution in [2.24, 2.45) is 0 Å². The summed E-state index contributed by atoms with van der Waals surface area (Å²) in [6.07, 6.45) is 0. The zero-order chi connectivity index (χ0) is 16.7. The summed E-state index contributed by atoms with van der Waals surface area (Å²) in [7, 11) is 0. The number of nitrogens with two attached hydrogens (primary N) is 1. The molecule has 0 atom stereocenters. The fourth-order valence-electron chi connectivity index (χ4n) is 3.43. The van der Waals surface area contributed by atoms with Crippen LogP contribution in [-0.4, -0.2) is 21.4 Å². The van der Waals surface area contributed by atoms with Gasteiger partial charge in [0.25, 0.3) is 0 Å². The maximum atomic E-state index is 9.55. The SMILES string of the molecule is Nc1cccc2c1c1c(-c3ccc(O)cc3)cccc1n2CCO. The summed E-state index contributed by atoms with van der Waals surface area (Å²) in [4.78, 5) is 0. The van der Waals surface area contributed by atoms with Gasteiger partial charge >= 0.3 is 0 Å². The lowest BCUT2D eigenvalue weighted by Crippen LogP contribution is -2.01. The number of phenols is 1. The van der Waals surface area contributed by atoms with Crippen molar-refractivity contribution in [1.82, 2.24) is 4.57 Å². The second kappa shape index (κ2) is 5.58. The Kier molecular flexibility index (Phi) is 3.40. The van der Waals surface area contributed by atoms with Gasteiger partial charge in [0.15, 0.2) is 0 Å². The molecule has 1 heterocycles. The average Bonchev–Trinajstić information content (AvgIpc) is 2.92. The first-order valence-electron chi connectivity index (χ1n) is 7.90. The van der Waals surface area contributed by atoms with Crippen LogP contribution in [0.1, 0.15) is 0 Å². The number of hydrogen-bond donors (Lipinski definition) is 3. The molecular formula is C20H18N2O2. The van der Waals surface area contributed by atoms with E-state index in [1.165, 1.54) is 0 Å². The highest BCUT2D eigenvalue weighted by molar-refractivity contribution is 6.19. The summed E-state index contributed by atoms with van der Waals surface area (Å²) in [6, 6.07) is 19.2. The van der Waals surface area contributed by atoms with Crippen molar-refractivity contribution in [2.75, 3.05) is 12.3 Å². The average molecular weight is 318 g/mol. The molecule has 1 aromatic heterocycles. The van der Waals surface area contributed by atoms with Gasteiger partial charge in [-0.2, -0.15) is 0 Å². The molecule has 4 N–H and O–H groups in total. The van der Waals surface area contributed by atoms with Gasteiger partial charge in [-0.25, -0.2) is 0 Å². The van der Waals surface area contributed by atoms with Crippen LogP contribution in [0.4, 0.5) is 5.69 Å². The molecule has 120 valence electrons. The first-order valence-corrected chi connectivity index (χ1v) is 7.90. The Hall–Kier alpha value is -2.98. The number of aliphatic hydroxyl groups is 1. The smallest absolute Gasteiger partial charge is 0.115 e. The molecule has 0 aliphatic heterocycles. The van der Waals surface area contributed by atoms with E-state index < -0.39 is 0 Å². The van der Waals surface area contributed by atoms with Crippen LogP contribution >= 0.6 is 0 Å². The third-order valence-corrected chi connectivity index (χ3v) is 4.45. The third-order valence-electron chi connectivity index (χ3n) is 4.45. The molecule has 24 heavy (non-hydrogen) atoms. The van der Waals surface area contributed by atoms with Crippen LogP contribution in [0, 0.1) is 0 Å². The molecule has 4 aromatic rings. The quantitative estimate of drug-likeness (QED) is 0.504. The van der Waals surface area contributed by atoms with Crippen molar-refractivity contribution in [3.05, 3.63) is 60.7 Å². The first kappa shape index (κ1) is 14.6. The lowest BCUT2D eigenvalue weighted by atomic mass is 9.99. The molecule has 0 fully saturated rings. The van der Waals surface area contributed by atoms with Crippen molar-refractivity contribution in [3.63, 3.8) is 0 Å². The van der Waals surface area contributed by atoms with Crippen molar-refractivity contribution in [1.29, 1.82) is 0 Å². The summed E-state index contributed by atoms with van der Waals surface area (Å²) >= 11 is 0. The number of phenolic OH excluding ortho intramolecular Hbond substituents is 1. The number of aromatic nitrogens is 1. The zero-order valence-corrected chi connectivity index (χ0v) is 13.1. The minimum Gasteiger partial charge on any atom is -0.508 e. The van der Waals surface area contributed by atoms with Gasteiger partial charge in [-0.3, -0.25) is 0 Å². The summed E-state index contributed by atoms with van der Waals surface area (Å²) in [5.41, 5.74) is 11.2. The van der Waals surface area contributed by atoms with Crippen LogP contribution in [0.5, 0.6) is 5.75 Å². The van der Waals surface area contributed by atoms with E-state index in [9.17, 15) is 10.2 Å². The van der Waals surface area contributed by atoms with Gasteiger partial charge < -0.3 is 20.5 Å². The number of rotatable bonds is 3. The normalized spacial score (nSPS) is 11.4. The van der Waals surface area contributed by atoms with E-state index in [-0.39, 0.29) is 12.4 Å². The number of aliphatic hydroxyl groups excluding tert-OH is 1. The Morgan fingerprint density at radius 3 is 2.21 bits per heavy atom. The fourth-order valence-corrected chi connectivity index (χ4v) is 3.43. The third kappa shape index (κ3) is 2.12. The van der Waals surface area contributed by atoms with Crippen LogP contribution in [0.15, 0.2) is 60.7 Å². The molecule has 0 saturated carbocycles. The maximum absolute atomic E-state index is 9.55. The van der Waals surface area contributed by atoms with Crippen molar-refractivity contribution < 1.29 is 10.2 Å². The lowest BCUT2D eigenvalue weighted by molar-refractivity contribution is 0.280. The summed E-state index contributed by atoms with van der Waals surface area (Å²) in [5, 5.41) is 21.1. The molecule has 0 unspecified atom stereocenters. The molecule has 0 aliphatic rings. The van der Waals surface area contributed by atoms with E-state index in [0.29, 0.717) is 6.54 Å². The van der Waals surface area contributed by atoms with Crippen molar-refractivity contribution in [3.8, 4) is 16.9 Å². The molecule has 4 nitrogen and oxygen atoms in total. The second-order valence-corrected chi connectivity index (χ2v) is 5.86. The van der Waals surface area contributed by atoms with Crippen molar-refractivity contribution >= 4 is 27.5 Å². The van der Waals surface area contributed by atoms with Crippen LogP contribution in [-0.2, 0) is 6.54 Å². The summed E-state index contributed by atoms with van der Waals surface area (Å²) in [6.45, 7) is 0.583. The lowest BCUT2D eigenvalue weighted by Gasteiger charge is -2.07. The topological polar surface area (TPSA) is 71.4 Å². The first-order chi connectivity index (χ1) is 11.7. The van der Waals surface area contributed by atoms with E-state index >= 15 is 0 Å². The van der Waals surface area contributed by atoms with Crippen LogP contribution in [0.2, 0.25) is 0 Å². The Morgan fingerprint density at radius 1 is 0.833 bits per heavy atom. The molecule has 0 saturated heterocycles. The van der Waals surface area contributed by atoms with E-state index in [2.05, 4.69) is 10.6 Å². The summed E-state index contributed by atoms with van der Waals surface area (Å²) in [5.74, 6) is 0.244. The predicted octanol–water partition coefficient (Wildman–Crippen LogP) is 3.74. The van der Waals surface area contributed by atoms with Crippen LogP contribution in [0.3, 0.4) is 0 Å². The largest absolute Gasteiger partial charge is 0.508 e. The fraction of sp³-hybridized carbons (Fsp3) is 0.100. The molecule has 4 rings (SSSR count). The number of nitrogen functional groups attached to an aromatic ring is 1. The molecule has 0 amide bonds. The Bertz CT molecular complexity index is 1030. The van der Waals surface area contributed by atoms with Gasteiger partial charge in [0.05, 0.1) is 12.1 Å². The number of anilines is 1. The minimum atomic E-state index is 0.0666. The van der Waals surface area contributed by atoms with Gasteiger partial charge in [0.1, 0.15) is 5.75 Å². The highest BCUT2D eigenvalue weighted by atomic mass is 16.3. The van der Waals surface area contributed by atoms with Gasteiger partial charge in [0.2, 0.25) is 0 Å². The van der Waals surface area contributed by atoms with Crippen LogP contribution < -0.4 is 5.73 Å². The molecule has 4 heteroatoms. The number of aromatic hydroxyl groups is 1. The number of fused-ring (bicyclic) bond motifs is 3. The van der Waals surface area contributed by atoms with E-state index in [1.807, 2.05) is 42.5 Å². The van der Waals surface area contributed by atoms with Gasteiger partial charge in [-0.05, 0) is 41.5 Å². The predicted molar refractivity (Wildman–Crippen MR) is 98.0 cm³/mol. The van der Waals surface area contributed by atoms with Gasteiger partial charge in [-0.1, -0.05) is 30.3 Å². The second-order valence-electron chi connectivity index (χ2n) is 5.86. The Labute approximate surface area is 139 Å². The Balaban J connectivity index is 2.15. The number of nitrogens with zero attached hydrogens (tertiary/aromatic N) is 1. The Morgan fingerprint density at radius 2 is 1.50 bits per heavy atom. The monoisotopic (exact) mass is 318 g/mol. The molecule has 0 bridgehead atoms. The highest BCUT2D eigenvalue weighted by Crippen LogP contribution is 2.39. The van der Waals surface area contributed by atoms with Crippen LogP contribution in [0.25, 0.3) is 32.9 Å². The van der Waals surface area contributed by atoms with Gasteiger partial charge in [-0.15, -0.1) is 0 Å². The molecule has 0 aliphatic carbocycles. The summed E-state index contributed by atoms with van der Waals surface area (Å²) < 4.78 is 2.10. The van der Waals surface area contributed by atoms with Gasteiger partial charge in [0, 0.05) is 28.5 Å². The molecule has 0 radical (unpaired) electrons. The van der Waals surface area contributed by atoms with E-state index in [0.717, 1.165) is 38.6 Å². The van der Waals surface area contributed by atoms with Crippen molar-refractivity contribution in [2.45, 2.75) is 6.54 Å². The maximum Gasteiger partial charge on any atom is 0.115 e. The number of hydrogen-bond acceptors (Lipinski definition) is 3. The molecular weight excluding hydrogens is 300 g/mol. The van der Waals surface area contributed by atoms with E-state index in [1.54, 1.807) is 12.1 Å². The minimum absolute atomic E-state index is 0.0666. The standard InChI is InChI=1S/C20H18N2O2/c21-16-4-2-6-18-20(16)19-15(13-7-9-14(24)10-8-13)3-1-5-17(19)22(18)11-12-23/h1-10,23-24H,11-12,21H2.